The lowest BCUT2D eigenvalue weighted by atomic mass is 9.30. The minimum atomic E-state index is -0.106. The van der Waals surface area contributed by atoms with Gasteiger partial charge in [0.25, 0.3) is 20.1 Å². The lowest BCUT2D eigenvalue weighted by Gasteiger charge is -2.42. The number of anilines is 4. The third kappa shape index (κ3) is 5.11. The van der Waals surface area contributed by atoms with E-state index in [1.165, 1.54) is 32.2 Å². The Morgan fingerprint density at radius 2 is 0.721 bits per heavy atom. The Bertz CT molecular complexity index is 3120. The molecule has 0 N–H and O–H groups in total. The lowest BCUT2D eigenvalue weighted by molar-refractivity contribution is 0.462. The molecule has 0 radical (unpaired) electrons. The molecule has 7 aromatic carbocycles. The van der Waals surface area contributed by atoms with Gasteiger partial charge in [-0.1, -0.05) is 48.5 Å². The van der Waals surface area contributed by atoms with Crippen molar-refractivity contribution in [3.63, 3.8) is 0 Å². The molecule has 0 spiro atoms. The van der Waals surface area contributed by atoms with Gasteiger partial charge in [0, 0.05) is 44.8 Å². The maximum Gasteiger partial charge on any atom is 0.260 e. The topological polar surface area (TPSA) is 43.4 Å². The van der Waals surface area contributed by atoms with Crippen molar-refractivity contribution >= 4 is 151 Å². The monoisotopic (exact) mass is 882 g/mol. The van der Waals surface area contributed by atoms with Crippen LogP contribution >= 0.6 is 59.2 Å². The van der Waals surface area contributed by atoms with E-state index in [-0.39, 0.29) is 20.1 Å². The first-order valence-corrected chi connectivity index (χ1v) is 26.1. The number of thioether (sulfide) groups is 3. The first-order chi connectivity index (χ1) is 30.0. The van der Waals surface area contributed by atoms with Gasteiger partial charge in [-0.05, 0) is 135 Å². The molecule has 14 heteroatoms. The molecule has 0 fully saturated rings. The molecule has 61 heavy (non-hydrogen) atoms. The van der Waals surface area contributed by atoms with Crippen LogP contribution in [0, 0.1) is 0 Å². The normalized spacial score (nSPS) is 14.7. The van der Waals surface area contributed by atoms with Crippen molar-refractivity contribution in [2.45, 2.75) is 14.7 Å². The summed E-state index contributed by atoms with van der Waals surface area (Å²) in [6.45, 7) is -0.178. The van der Waals surface area contributed by atoms with Crippen LogP contribution in [-0.4, -0.2) is 51.4 Å². The van der Waals surface area contributed by atoms with E-state index in [4.69, 9.17) is 18.9 Å². The Balaban J connectivity index is 1.08. The molecule has 7 aromatic rings. The molecule has 0 aromatic heterocycles. The van der Waals surface area contributed by atoms with Crippen LogP contribution in [0.1, 0.15) is 0 Å². The predicted molar refractivity (Wildman–Crippen MR) is 266 cm³/mol. The molecule has 13 rings (SSSR count). The molecular weight excluding hydrogens is 849 g/mol. The fourth-order valence-electron chi connectivity index (χ4n) is 10.5. The molecule has 6 aliphatic heterocycles. The van der Waals surface area contributed by atoms with Gasteiger partial charge in [-0.2, -0.15) is 0 Å². The van der Waals surface area contributed by atoms with Gasteiger partial charge in [0.1, 0.15) is 46.0 Å². The third-order valence-electron chi connectivity index (χ3n) is 13.0. The standard InChI is InChI=1S/C47H33B3N2O4S5/c1-57-24-14-35-45-41(16-24)53-37-12-8-6-10-27(37)48(45)29-20-32-40(22-33(29)51(35)60-4)55-42-17-25(58-2)15-36-46(42)50(32)30-21-31-39(23-34(30)52(36)61-5)56-44-19-26(59-3)18-43-47(44)49(31)28-11-7-9-13-38(28)54-43/h6-23H,1-5H3. The van der Waals surface area contributed by atoms with Crippen LogP contribution in [0.25, 0.3) is 0 Å². The Kier molecular flexibility index (Phi) is 8.25. The summed E-state index contributed by atoms with van der Waals surface area (Å²) in [6, 6.07) is 40.0. The molecule has 0 unspecified atom stereocenters. The zero-order chi connectivity index (χ0) is 40.8. The van der Waals surface area contributed by atoms with Gasteiger partial charge in [-0.25, -0.2) is 0 Å². The van der Waals surface area contributed by atoms with Crippen molar-refractivity contribution in [2.24, 2.45) is 0 Å². The van der Waals surface area contributed by atoms with Gasteiger partial charge in [0.15, 0.2) is 0 Å². The average Bonchev–Trinajstić information content (AvgIpc) is 3.29. The molecule has 294 valence electrons. The fraction of sp³-hybridized carbons (Fsp3) is 0.106. The van der Waals surface area contributed by atoms with E-state index in [1.54, 1.807) is 59.2 Å². The molecular formula is C47H33B3N2O4S5. The molecule has 6 nitrogen and oxygen atoms in total. The van der Waals surface area contributed by atoms with Crippen LogP contribution in [0.2, 0.25) is 0 Å². The summed E-state index contributed by atoms with van der Waals surface area (Å²) < 4.78 is 32.3. The predicted octanol–water partition coefficient (Wildman–Crippen LogP) is 7.28. The van der Waals surface area contributed by atoms with Crippen LogP contribution in [0.5, 0.6) is 46.0 Å². The van der Waals surface area contributed by atoms with E-state index >= 15 is 0 Å². The van der Waals surface area contributed by atoms with Gasteiger partial charge in [0.05, 0.1) is 22.7 Å². The largest absolute Gasteiger partial charge is 0.458 e. The van der Waals surface area contributed by atoms with Gasteiger partial charge in [-0.15, -0.1) is 35.3 Å². The first kappa shape index (κ1) is 36.9. The molecule has 0 atom stereocenters. The number of hydrogen-bond acceptors (Lipinski definition) is 11. The summed E-state index contributed by atoms with van der Waals surface area (Å²) in [5, 5.41) is 0. The second-order valence-electron chi connectivity index (χ2n) is 15.8. The summed E-state index contributed by atoms with van der Waals surface area (Å²) >= 11 is 8.62. The van der Waals surface area contributed by atoms with Crippen molar-refractivity contribution in [2.75, 3.05) is 39.9 Å². The van der Waals surface area contributed by atoms with Crippen LogP contribution in [0.4, 0.5) is 22.7 Å². The van der Waals surface area contributed by atoms with E-state index < -0.39 is 0 Å². The molecule has 0 saturated carbocycles. The Morgan fingerprint density at radius 3 is 1.16 bits per heavy atom. The van der Waals surface area contributed by atoms with Gasteiger partial charge >= 0.3 is 0 Å². The fourth-order valence-corrected chi connectivity index (χ4v) is 13.2. The molecule has 0 bridgehead atoms. The summed E-state index contributed by atoms with van der Waals surface area (Å²) in [6.07, 6.45) is 10.7. The van der Waals surface area contributed by atoms with E-state index in [0.29, 0.717) is 0 Å². The number of nitrogens with zero attached hydrogens (tertiary/aromatic N) is 2. The smallest absolute Gasteiger partial charge is 0.260 e. The molecule has 0 saturated heterocycles. The second-order valence-corrected chi connectivity index (χ2v) is 19.9. The summed E-state index contributed by atoms with van der Waals surface area (Å²) in [5.41, 5.74) is 15.2. The quantitative estimate of drug-likeness (QED) is 0.0997. The van der Waals surface area contributed by atoms with Gasteiger partial charge in [0.2, 0.25) is 0 Å². The summed E-state index contributed by atoms with van der Waals surface area (Å²) in [4.78, 5) is 3.44. The number of fused-ring (bicyclic) bond motifs is 12. The number of ether oxygens (including phenoxy) is 4. The van der Waals surface area contributed by atoms with Crippen LogP contribution < -0.4 is 76.7 Å². The van der Waals surface area contributed by atoms with Crippen molar-refractivity contribution in [3.8, 4) is 46.0 Å². The second kappa shape index (κ2) is 13.6. The Labute approximate surface area is 377 Å². The van der Waals surface area contributed by atoms with E-state index in [0.717, 1.165) is 100 Å². The highest BCUT2D eigenvalue weighted by Crippen LogP contribution is 2.47. The molecule has 6 aliphatic rings. The highest BCUT2D eigenvalue weighted by molar-refractivity contribution is 8.00. The lowest BCUT2D eigenvalue weighted by Crippen LogP contribution is -2.64. The van der Waals surface area contributed by atoms with E-state index in [2.05, 4.69) is 149 Å². The number of benzene rings is 7. The van der Waals surface area contributed by atoms with Crippen molar-refractivity contribution < 1.29 is 18.9 Å². The molecule has 0 aliphatic carbocycles. The minimum absolute atomic E-state index is 0.0168. The van der Waals surface area contributed by atoms with Crippen molar-refractivity contribution in [1.82, 2.24) is 0 Å². The average molecular weight is 883 g/mol. The number of para-hydroxylation sites is 2. The number of rotatable bonds is 5. The zero-order valence-electron chi connectivity index (χ0n) is 33.7. The number of hydrogen-bond donors (Lipinski definition) is 0. The molecule has 6 heterocycles. The van der Waals surface area contributed by atoms with Crippen molar-refractivity contribution in [1.29, 1.82) is 0 Å². The highest BCUT2D eigenvalue weighted by atomic mass is 32.2. The van der Waals surface area contributed by atoms with Crippen LogP contribution in [-0.2, 0) is 0 Å². The van der Waals surface area contributed by atoms with Crippen molar-refractivity contribution in [3.05, 3.63) is 109 Å². The summed E-state index contributed by atoms with van der Waals surface area (Å²) in [7, 11) is 0. The Morgan fingerprint density at radius 1 is 0.344 bits per heavy atom. The molecule has 0 amide bonds. The minimum Gasteiger partial charge on any atom is -0.458 e. The first-order valence-electron chi connectivity index (χ1n) is 20.1. The highest BCUT2D eigenvalue weighted by Gasteiger charge is 2.48. The van der Waals surface area contributed by atoms with Gasteiger partial charge in [-0.3, -0.25) is 8.61 Å². The summed E-state index contributed by atoms with van der Waals surface area (Å²) in [5.74, 6) is 7.10. The maximum atomic E-state index is 7.18. The maximum absolute atomic E-state index is 7.18. The third-order valence-corrected chi connectivity index (χ3v) is 16.6. The van der Waals surface area contributed by atoms with E-state index in [1.807, 2.05) is 0 Å². The van der Waals surface area contributed by atoms with Gasteiger partial charge < -0.3 is 18.9 Å². The zero-order valence-corrected chi connectivity index (χ0v) is 37.8. The van der Waals surface area contributed by atoms with E-state index in [9.17, 15) is 0 Å². The SMILES string of the molecule is CSc1cc2c3c(c1)Oc1cc4c(cc1B3c1ccccc1O2)B1c2cc3c(cc2Oc2cc(SC)cc(c21)N4SC)N(SC)c1cc(SC)cc2c1B3c1ccccc1O2. The van der Waals surface area contributed by atoms with Crippen LogP contribution in [0.3, 0.4) is 0 Å². The van der Waals surface area contributed by atoms with Crippen LogP contribution in [0.15, 0.2) is 124 Å². The Hall–Kier alpha value is -4.72.